The number of alkyl halides is 2. The molecule has 5 nitrogen and oxygen atoms in total. The van der Waals surface area contributed by atoms with Crippen LogP contribution >= 0.6 is 11.3 Å². The van der Waals surface area contributed by atoms with E-state index < -0.39 is 17.6 Å². The molecule has 0 saturated carbocycles. The van der Waals surface area contributed by atoms with Crippen LogP contribution in [0, 0.1) is 16.7 Å². The third-order valence-corrected chi connectivity index (χ3v) is 5.01. The number of halogens is 2. The minimum absolute atomic E-state index is 0.0647. The fourth-order valence-electron chi connectivity index (χ4n) is 2.51. The molecule has 2 aromatic rings. The summed E-state index contributed by atoms with van der Waals surface area (Å²) in [5.41, 5.74) is -0.973. The van der Waals surface area contributed by atoms with Crippen molar-refractivity contribution in [3.8, 4) is 11.8 Å². The van der Waals surface area contributed by atoms with Crippen molar-refractivity contribution in [2.75, 3.05) is 0 Å². The molecule has 1 aromatic heterocycles. The normalized spacial score (nSPS) is 13.4. The van der Waals surface area contributed by atoms with Crippen LogP contribution in [0.3, 0.4) is 0 Å². The molecule has 0 radical (unpaired) electrons. The molecule has 0 aliphatic heterocycles. The number of carbonyl (C=O) groups is 1. The summed E-state index contributed by atoms with van der Waals surface area (Å²) in [6.07, 6.45) is 1.43. The molecule has 0 spiro atoms. The van der Waals surface area contributed by atoms with Gasteiger partial charge in [-0.15, -0.1) is 11.3 Å². The van der Waals surface area contributed by atoms with Crippen molar-refractivity contribution in [3.05, 3.63) is 49.4 Å². The molecule has 1 aromatic carbocycles. The van der Waals surface area contributed by atoms with Gasteiger partial charge in [0.2, 0.25) is 0 Å². The maximum Gasteiger partial charge on any atom is 0.387 e. The van der Waals surface area contributed by atoms with Crippen LogP contribution in [-0.2, 0) is 11.3 Å². The van der Waals surface area contributed by atoms with E-state index in [1.54, 1.807) is 45.9 Å². The van der Waals surface area contributed by atoms with Crippen molar-refractivity contribution in [2.45, 2.75) is 40.9 Å². The van der Waals surface area contributed by atoms with Crippen LogP contribution in [0.25, 0.3) is 11.6 Å². The maximum absolute atomic E-state index is 12.8. The van der Waals surface area contributed by atoms with Crippen LogP contribution in [-0.4, -0.2) is 17.0 Å². The standard InChI is InChI=1S/C20H20F2N2O3S/c1-5-24-17(26)15(10-12-8-6-7-9-14(12)27-19(21)22)28-18(24)13(11-23)16(25)20(2,3)4/h6-10,19H,5H2,1-4H3/b15-10+,18-13-. The summed E-state index contributed by atoms with van der Waals surface area (Å²) in [6.45, 7) is 4.07. The second-order valence-corrected chi connectivity index (χ2v) is 7.98. The van der Waals surface area contributed by atoms with Gasteiger partial charge >= 0.3 is 6.61 Å². The van der Waals surface area contributed by atoms with Crippen LogP contribution in [0.1, 0.15) is 33.3 Å². The summed E-state index contributed by atoms with van der Waals surface area (Å²) in [5, 5.41) is 9.54. The minimum Gasteiger partial charge on any atom is -0.434 e. The van der Waals surface area contributed by atoms with Crippen molar-refractivity contribution in [1.29, 1.82) is 5.26 Å². The van der Waals surface area contributed by atoms with Crippen molar-refractivity contribution < 1.29 is 18.3 Å². The van der Waals surface area contributed by atoms with Crippen molar-refractivity contribution >= 4 is 28.8 Å². The molecule has 0 saturated heterocycles. The summed E-state index contributed by atoms with van der Waals surface area (Å²) in [4.78, 5) is 25.4. The Morgan fingerprint density at radius 1 is 1.36 bits per heavy atom. The predicted molar refractivity (Wildman–Crippen MR) is 104 cm³/mol. The van der Waals surface area contributed by atoms with Gasteiger partial charge in [-0.3, -0.25) is 14.2 Å². The Balaban J connectivity index is 2.81. The average molecular weight is 406 g/mol. The number of nitriles is 1. The summed E-state index contributed by atoms with van der Waals surface area (Å²) in [5.74, 6) is -0.434. The van der Waals surface area contributed by atoms with Gasteiger partial charge in [-0.25, -0.2) is 0 Å². The lowest BCUT2D eigenvalue weighted by atomic mass is 9.87. The molecule has 1 heterocycles. The largest absolute Gasteiger partial charge is 0.434 e. The van der Waals surface area contributed by atoms with Gasteiger partial charge in [0.05, 0.1) is 4.53 Å². The van der Waals surface area contributed by atoms with Crippen LogP contribution in [0.5, 0.6) is 5.75 Å². The van der Waals surface area contributed by atoms with E-state index in [9.17, 15) is 23.6 Å². The summed E-state index contributed by atoms with van der Waals surface area (Å²) < 4.78 is 31.5. The lowest BCUT2D eigenvalue weighted by Crippen LogP contribution is -2.33. The van der Waals surface area contributed by atoms with Crippen LogP contribution in [0.4, 0.5) is 8.78 Å². The second-order valence-electron chi connectivity index (χ2n) is 6.95. The Bertz CT molecular complexity index is 1100. The van der Waals surface area contributed by atoms with E-state index in [2.05, 4.69) is 4.74 Å². The number of ketones is 1. The third-order valence-electron chi connectivity index (χ3n) is 3.88. The molecule has 0 amide bonds. The highest BCUT2D eigenvalue weighted by atomic mass is 32.1. The summed E-state index contributed by atoms with van der Waals surface area (Å²) >= 11 is 0.982. The Morgan fingerprint density at radius 2 is 2.00 bits per heavy atom. The Morgan fingerprint density at radius 3 is 2.54 bits per heavy atom. The number of thiazole rings is 1. The topological polar surface area (TPSA) is 72.1 Å². The number of para-hydroxylation sites is 1. The van der Waals surface area contributed by atoms with Crippen LogP contribution in [0.15, 0.2) is 29.1 Å². The number of aromatic nitrogens is 1. The minimum atomic E-state index is -3.00. The van der Waals surface area contributed by atoms with Gasteiger partial charge in [-0.2, -0.15) is 14.0 Å². The predicted octanol–water partition coefficient (Wildman–Crippen LogP) is 2.65. The number of hydrogen-bond acceptors (Lipinski definition) is 5. The fraction of sp³-hybridized carbons (Fsp3) is 0.350. The van der Waals surface area contributed by atoms with E-state index >= 15 is 0 Å². The molecule has 28 heavy (non-hydrogen) atoms. The number of hydrogen-bond donors (Lipinski definition) is 0. The number of Topliss-reactive ketones (excluding diaryl/α,β-unsaturated/α-hetero) is 1. The van der Waals surface area contributed by atoms with Crippen molar-refractivity contribution in [2.24, 2.45) is 5.41 Å². The first-order valence-corrected chi connectivity index (χ1v) is 9.36. The van der Waals surface area contributed by atoms with E-state index in [0.717, 1.165) is 11.3 Å². The number of benzene rings is 1. The molecule has 8 heteroatoms. The maximum atomic E-state index is 12.8. The Labute approximate surface area is 164 Å². The SMILES string of the molecule is CCn1c(=O)/c(=C\c2ccccc2OC(F)F)s/c1=C(/C#N)C(=O)C(C)(C)C. The molecule has 0 fully saturated rings. The van der Waals surface area contributed by atoms with Crippen LogP contribution < -0.4 is 19.5 Å². The van der Waals surface area contributed by atoms with Crippen molar-refractivity contribution in [3.63, 3.8) is 0 Å². The number of carbonyl (C=O) groups excluding carboxylic acids is 1. The molecule has 0 unspecified atom stereocenters. The van der Waals surface area contributed by atoms with Gasteiger partial charge in [0, 0.05) is 17.5 Å². The first-order chi connectivity index (χ1) is 13.1. The molecule has 2 rings (SSSR count). The number of ether oxygens (including phenoxy) is 1. The molecule has 0 bridgehead atoms. The Kier molecular flexibility index (Phi) is 6.52. The number of rotatable bonds is 5. The van der Waals surface area contributed by atoms with Gasteiger partial charge in [-0.05, 0) is 19.1 Å². The lowest BCUT2D eigenvalue weighted by molar-refractivity contribution is -0.120. The summed E-state index contributed by atoms with van der Waals surface area (Å²) in [7, 11) is 0. The van der Waals surface area contributed by atoms with E-state index in [0.29, 0.717) is 5.56 Å². The van der Waals surface area contributed by atoms with Gasteiger partial charge < -0.3 is 4.74 Å². The van der Waals surface area contributed by atoms with Crippen LogP contribution in [0.2, 0.25) is 0 Å². The zero-order chi connectivity index (χ0) is 21.1. The zero-order valence-electron chi connectivity index (χ0n) is 16.0. The fourth-order valence-corrected chi connectivity index (χ4v) is 3.66. The Hall–Kier alpha value is -2.79. The van der Waals surface area contributed by atoms with Gasteiger partial charge in [0.1, 0.15) is 22.1 Å². The van der Waals surface area contributed by atoms with Gasteiger partial charge in [0.15, 0.2) is 5.78 Å². The molecule has 148 valence electrons. The van der Waals surface area contributed by atoms with E-state index in [1.165, 1.54) is 16.7 Å². The van der Waals surface area contributed by atoms with E-state index in [4.69, 9.17) is 0 Å². The molecule has 0 atom stereocenters. The number of nitrogens with zero attached hydrogens (tertiary/aromatic N) is 2. The van der Waals surface area contributed by atoms with Gasteiger partial charge in [-0.1, -0.05) is 39.0 Å². The third kappa shape index (κ3) is 4.54. The second kappa shape index (κ2) is 8.48. The zero-order valence-corrected chi connectivity index (χ0v) is 16.8. The molecule has 0 aliphatic carbocycles. The molecule has 0 N–H and O–H groups in total. The first-order valence-electron chi connectivity index (χ1n) is 8.54. The monoisotopic (exact) mass is 406 g/mol. The smallest absolute Gasteiger partial charge is 0.387 e. The van der Waals surface area contributed by atoms with Crippen molar-refractivity contribution in [1.82, 2.24) is 4.57 Å². The van der Waals surface area contributed by atoms with E-state index in [-0.39, 0.29) is 32.8 Å². The quantitative estimate of drug-likeness (QED) is 0.765. The lowest BCUT2D eigenvalue weighted by Gasteiger charge is -2.15. The molecule has 0 aliphatic rings. The van der Waals surface area contributed by atoms with Gasteiger partial charge in [0.25, 0.3) is 5.56 Å². The first kappa shape index (κ1) is 21.5. The van der Waals surface area contributed by atoms with E-state index in [1.807, 2.05) is 6.07 Å². The highest BCUT2D eigenvalue weighted by Crippen LogP contribution is 2.21. The molecular weight excluding hydrogens is 386 g/mol. The average Bonchev–Trinajstić information content (AvgIpc) is 2.91. The highest BCUT2D eigenvalue weighted by Gasteiger charge is 2.27. The highest BCUT2D eigenvalue weighted by molar-refractivity contribution is 7.07. The molecular formula is C20H20F2N2O3S. The summed E-state index contributed by atoms with van der Waals surface area (Å²) in [6, 6.07) is 8.02.